The SMILES string of the molecule is COc1ccc(/C=C\C(=O)Nc2ccccc2OC(C)C)cc1N. The molecule has 2 rings (SSSR count). The highest BCUT2D eigenvalue weighted by Gasteiger charge is 2.07. The average Bonchev–Trinajstić information content (AvgIpc) is 2.54. The van der Waals surface area contributed by atoms with Gasteiger partial charge in [-0.3, -0.25) is 4.79 Å². The first-order chi connectivity index (χ1) is 11.5. The summed E-state index contributed by atoms with van der Waals surface area (Å²) in [7, 11) is 1.56. The van der Waals surface area contributed by atoms with E-state index in [1.807, 2.05) is 38.1 Å². The van der Waals surface area contributed by atoms with Crippen molar-refractivity contribution in [1.29, 1.82) is 0 Å². The highest BCUT2D eigenvalue weighted by atomic mass is 16.5. The quantitative estimate of drug-likeness (QED) is 0.627. The van der Waals surface area contributed by atoms with Crippen LogP contribution in [0.3, 0.4) is 0 Å². The Balaban J connectivity index is 2.07. The van der Waals surface area contributed by atoms with Gasteiger partial charge < -0.3 is 20.5 Å². The van der Waals surface area contributed by atoms with Crippen LogP contribution in [0.4, 0.5) is 11.4 Å². The average molecular weight is 326 g/mol. The fraction of sp³-hybridized carbons (Fsp3) is 0.211. The van der Waals surface area contributed by atoms with Gasteiger partial charge in [-0.1, -0.05) is 18.2 Å². The molecule has 2 aromatic rings. The van der Waals surface area contributed by atoms with Crippen LogP contribution in [0.1, 0.15) is 19.4 Å². The van der Waals surface area contributed by atoms with Gasteiger partial charge in [-0.25, -0.2) is 0 Å². The summed E-state index contributed by atoms with van der Waals surface area (Å²) < 4.78 is 10.8. The largest absolute Gasteiger partial charge is 0.495 e. The van der Waals surface area contributed by atoms with Crippen LogP contribution in [0, 0.1) is 0 Å². The lowest BCUT2D eigenvalue weighted by Gasteiger charge is -2.14. The van der Waals surface area contributed by atoms with Crippen LogP contribution in [0.2, 0.25) is 0 Å². The molecular weight excluding hydrogens is 304 g/mol. The van der Waals surface area contributed by atoms with Crippen molar-refractivity contribution in [1.82, 2.24) is 0 Å². The highest BCUT2D eigenvalue weighted by Crippen LogP contribution is 2.25. The van der Waals surface area contributed by atoms with Gasteiger partial charge in [-0.2, -0.15) is 0 Å². The summed E-state index contributed by atoms with van der Waals surface area (Å²) >= 11 is 0. The predicted octanol–water partition coefficient (Wildman–Crippen LogP) is 3.72. The van der Waals surface area contributed by atoms with Gasteiger partial charge in [-0.15, -0.1) is 0 Å². The van der Waals surface area contributed by atoms with Crippen molar-refractivity contribution >= 4 is 23.4 Å². The van der Waals surface area contributed by atoms with Gasteiger partial charge in [0.15, 0.2) is 0 Å². The van der Waals surface area contributed by atoms with Crippen LogP contribution in [-0.4, -0.2) is 19.1 Å². The van der Waals surface area contributed by atoms with Gasteiger partial charge in [0.1, 0.15) is 11.5 Å². The van der Waals surface area contributed by atoms with Gasteiger partial charge >= 0.3 is 0 Å². The number of ether oxygens (including phenoxy) is 2. The second-order valence-electron chi connectivity index (χ2n) is 5.49. The van der Waals surface area contributed by atoms with Crippen molar-refractivity contribution in [3.8, 4) is 11.5 Å². The van der Waals surface area contributed by atoms with E-state index in [2.05, 4.69) is 5.32 Å². The van der Waals surface area contributed by atoms with E-state index in [4.69, 9.17) is 15.2 Å². The Kier molecular flexibility index (Phi) is 5.84. The summed E-state index contributed by atoms with van der Waals surface area (Å²) in [6, 6.07) is 12.7. The molecule has 5 nitrogen and oxygen atoms in total. The summed E-state index contributed by atoms with van der Waals surface area (Å²) in [5.74, 6) is 1.00. The maximum atomic E-state index is 12.1. The first-order valence-electron chi connectivity index (χ1n) is 7.68. The number of carbonyl (C=O) groups is 1. The number of carbonyl (C=O) groups excluding carboxylic acids is 1. The summed E-state index contributed by atoms with van der Waals surface area (Å²) in [6.07, 6.45) is 3.17. The molecule has 0 atom stereocenters. The van der Waals surface area contributed by atoms with Crippen molar-refractivity contribution in [3.05, 3.63) is 54.1 Å². The molecule has 1 amide bonds. The molecule has 0 aliphatic carbocycles. The van der Waals surface area contributed by atoms with Crippen molar-refractivity contribution in [3.63, 3.8) is 0 Å². The number of hydrogen-bond acceptors (Lipinski definition) is 4. The second kappa shape index (κ2) is 8.06. The zero-order chi connectivity index (χ0) is 17.5. The minimum absolute atomic E-state index is 0.0286. The van der Waals surface area contributed by atoms with Crippen LogP contribution < -0.4 is 20.5 Å². The standard InChI is InChI=1S/C19H22N2O3/c1-13(2)24-18-7-5-4-6-16(18)21-19(22)11-9-14-8-10-17(23-3)15(20)12-14/h4-13H,20H2,1-3H3,(H,21,22)/b11-9-. The summed E-state index contributed by atoms with van der Waals surface area (Å²) in [5.41, 5.74) is 7.83. The third-order valence-electron chi connectivity index (χ3n) is 3.19. The van der Waals surface area contributed by atoms with E-state index in [1.165, 1.54) is 6.08 Å². The number of anilines is 2. The van der Waals surface area contributed by atoms with E-state index in [0.717, 1.165) is 5.56 Å². The number of nitrogens with one attached hydrogen (secondary N) is 1. The van der Waals surface area contributed by atoms with Crippen molar-refractivity contribution in [2.75, 3.05) is 18.2 Å². The van der Waals surface area contributed by atoms with Gasteiger partial charge in [0.2, 0.25) is 5.91 Å². The van der Waals surface area contributed by atoms with Crippen molar-refractivity contribution < 1.29 is 14.3 Å². The maximum absolute atomic E-state index is 12.1. The lowest BCUT2D eigenvalue weighted by atomic mass is 10.1. The molecule has 0 saturated heterocycles. The van der Waals surface area contributed by atoms with Crippen LogP contribution in [0.5, 0.6) is 11.5 Å². The van der Waals surface area contributed by atoms with E-state index in [0.29, 0.717) is 22.9 Å². The topological polar surface area (TPSA) is 73.6 Å². The Morgan fingerprint density at radius 2 is 1.92 bits per heavy atom. The number of hydrogen-bond donors (Lipinski definition) is 2. The van der Waals surface area contributed by atoms with Gasteiger partial charge in [0, 0.05) is 6.08 Å². The third-order valence-corrected chi connectivity index (χ3v) is 3.19. The summed E-state index contributed by atoms with van der Waals surface area (Å²) in [6.45, 7) is 3.87. The Labute approximate surface area is 142 Å². The number of nitrogens with two attached hydrogens (primary N) is 1. The first kappa shape index (κ1) is 17.4. The fourth-order valence-corrected chi connectivity index (χ4v) is 2.13. The Morgan fingerprint density at radius 3 is 2.58 bits per heavy atom. The van der Waals surface area contributed by atoms with E-state index in [9.17, 15) is 4.79 Å². The summed E-state index contributed by atoms with van der Waals surface area (Å²) in [4.78, 5) is 12.1. The number of rotatable bonds is 6. The molecule has 0 saturated carbocycles. The van der Waals surface area contributed by atoms with Gasteiger partial charge in [0.05, 0.1) is 24.6 Å². The molecule has 0 bridgehead atoms. The molecular formula is C19H22N2O3. The molecule has 5 heteroatoms. The molecule has 126 valence electrons. The molecule has 2 aromatic carbocycles. The van der Waals surface area contributed by atoms with Crippen LogP contribution >= 0.6 is 0 Å². The van der Waals surface area contributed by atoms with Gasteiger partial charge in [0.25, 0.3) is 0 Å². The van der Waals surface area contributed by atoms with E-state index in [1.54, 1.807) is 31.4 Å². The number of methoxy groups -OCH3 is 1. The molecule has 0 spiro atoms. The van der Waals surface area contributed by atoms with Crippen LogP contribution in [0.15, 0.2) is 48.5 Å². The molecule has 0 unspecified atom stereocenters. The van der Waals surface area contributed by atoms with E-state index >= 15 is 0 Å². The van der Waals surface area contributed by atoms with Crippen LogP contribution in [-0.2, 0) is 4.79 Å². The fourth-order valence-electron chi connectivity index (χ4n) is 2.13. The first-order valence-corrected chi connectivity index (χ1v) is 7.68. The zero-order valence-electron chi connectivity index (χ0n) is 14.1. The predicted molar refractivity (Wildman–Crippen MR) is 97.3 cm³/mol. The lowest BCUT2D eigenvalue weighted by Crippen LogP contribution is -2.12. The normalized spacial score (nSPS) is 10.8. The number of benzene rings is 2. The van der Waals surface area contributed by atoms with Crippen molar-refractivity contribution in [2.45, 2.75) is 20.0 Å². The minimum Gasteiger partial charge on any atom is -0.495 e. The molecule has 0 heterocycles. The Bertz CT molecular complexity index is 739. The Hall–Kier alpha value is -2.95. The molecule has 3 N–H and O–H groups in total. The number of nitrogen functional groups attached to an aromatic ring is 1. The van der Waals surface area contributed by atoms with E-state index < -0.39 is 0 Å². The molecule has 0 aromatic heterocycles. The maximum Gasteiger partial charge on any atom is 0.248 e. The van der Waals surface area contributed by atoms with Gasteiger partial charge in [-0.05, 0) is 49.8 Å². The smallest absolute Gasteiger partial charge is 0.248 e. The zero-order valence-corrected chi connectivity index (χ0v) is 14.1. The highest BCUT2D eigenvalue weighted by molar-refractivity contribution is 6.02. The number of amides is 1. The van der Waals surface area contributed by atoms with E-state index in [-0.39, 0.29) is 12.0 Å². The minimum atomic E-state index is -0.246. The second-order valence-corrected chi connectivity index (χ2v) is 5.49. The van der Waals surface area contributed by atoms with Crippen molar-refractivity contribution in [2.24, 2.45) is 0 Å². The molecule has 0 aliphatic heterocycles. The van der Waals surface area contributed by atoms with Crippen LogP contribution in [0.25, 0.3) is 6.08 Å². The molecule has 0 aliphatic rings. The number of para-hydroxylation sites is 2. The monoisotopic (exact) mass is 326 g/mol. The molecule has 0 fully saturated rings. The summed E-state index contributed by atoms with van der Waals surface area (Å²) in [5, 5.41) is 2.82. The third kappa shape index (κ3) is 4.78. The Morgan fingerprint density at radius 1 is 1.17 bits per heavy atom. The lowest BCUT2D eigenvalue weighted by molar-refractivity contribution is -0.111. The molecule has 24 heavy (non-hydrogen) atoms. The molecule has 0 radical (unpaired) electrons.